The summed E-state index contributed by atoms with van der Waals surface area (Å²) in [6.07, 6.45) is 8.59. The van der Waals surface area contributed by atoms with E-state index in [9.17, 15) is 10.4 Å². The molecule has 2 aromatic rings. The highest BCUT2D eigenvalue weighted by Crippen LogP contribution is 2.41. The summed E-state index contributed by atoms with van der Waals surface area (Å²) in [5, 5.41) is 26.0. The number of aromatic nitrogens is 2. The van der Waals surface area contributed by atoms with Crippen LogP contribution in [0.2, 0.25) is 0 Å². The normalized spacial score (nSPS) is 27.6. The minimum Gasteiger partial charge on any atom is -0.393 e. The van der Waals surface area contributed by atoms with Gasteiger partial charge in [-0.15, -0.1) is 0 Å². The van der Waals surface area contributed by atoms with Gasteiger partial charge in [0.25, 0.3) is 0 Å². The number of rotatable bonds is 3. The van der Waals surface area contributed by atoms with Crippen molar-refractivity contribution in [3.05, 3.63) is 29.5 Å². The molecule has 0 spiro atoms. The van der Waals surface area contributed by atoms with E-state index in [-0.39, 0.29) is 6.10 Å². The molecular weight excluding hydrogens is 310 g/mol. The molecule has 0 saturated heterocycles. The molecule has 1 aromatic heterocycles. The Hall–Kier alpha value is -1.86. The third kappa shape index (κ3) is 2.75. The van der Waals surface area contributed by atoms with Crippen LogP contribution in [0.1, 0.15) is 75.6 Å². The van der Waals surface area contributed by atoms with Crippen LogP contribution in [0.15, 0.2) is 18.2 Å². The lowest BCUT2D eigenvalue weighted by Crippen LogP contribution is -2.32. The lowest BCUT2D eigenvalue weighted by atomic mass is 9.69. The van der Waals surface area contributed by atoms with Crippen molar-refractivity contribution in [1.29, 1.82) is 5.26 Å². The van der Waals surface area contributed by atoms with Gasteiger partial charge in [-0.25, -0.2) is 0 Å². The van der Waals surface area contributed by atoms with E-state index >= 15 is 0 Å². The average Bonchev–Trinajstić information content (AvgIpc) is 3.29. The standard InChI is InChI=1S/C21H27N3O/c1-2-19-18-8-7-15(21(14-22)11-9-17(25)10-12-21)13-20(18)24(23-19)16-5-3-4-6-16/h7-8,13,16-17,25H,2-6,9-12H2,1H3. The van der Waals surface area contributed by atoms with Crippen LogP contribution in [0.5, 0.6) is 0 Å². The second kappa shape index (κ2) is 6.46. The zero-order valence-electron chi connectivity index (χ0n) is 15.0. The van der Waals surface area contributed by atoms with Crippen molar-refractivity contribution in [3.63, 3.8) is 0 Å². The Kier molecular flexibility index (Phi) is 4.29. The van der Waals surface area contributed by atoms with Crippen LogP contribution < -0.4 is 0 Å². The molecule has 1 aromatic carbocycles. The van der Waals surface area contributed by atoms with E-state index in [2.05, 4.69) is 35.9 Å². The first-order chi connectivity index (χ1) is 12.2. The van der Waals surface area contributed by atoms with Crippen LogP contribution in [0.3, 0.4) is 0 Å². The first kappa shape index (κ1) is 16.6. The molecule has 0 amide bonds. The molecule has 1 N–H and O–H groups in total. The van der Waals surface area contributed by atoms with Crippen molar-refractivity contribution in [2.75, 3.05) is 0 Å². The monoisotopic (exact) mass is 337 g/mol. The van der Waals surface area contributed by atoms with Gasteiger partial charge in [0.15, 0.2) is 0 Å². The summed E-state index contributed by atoms with van der Waals surface area (Å²) in [6.45, 7) is 2.16. The van der Waals surface area contributed by atoms with Crippen LogP contribution >= 0.6 is 0 Å². The van der Waals surface area contributed by atoms with Crippen molar-refractivity contribution < 1.29 is 5.11 Å². The summed E-state index contributed by atoms with van der Waals surface area (Å²) in [5.41, 5.74) is 3.02. The minimum absolute atomic E-state index is 0.249. The largest absolute Gasteiger partial charge is 0.393 e. The fourth-order valence-electron chi connectivity index (χ4n) is 4.75. The molecule has 132 valence electrons. The fourth-order valence-corrected chi connectivity index (χ4v) is 4.75. The molecule has 4 nitrogen and oxygen atoms in total. The van der Waals surface area contributed by atoms with Gasteiger partial charge in [-0.05, 0) is 56.6 Å². The Labute approximate surface area is 149 Å². The Morgan fingerprint density at radius 2 is 1.96 bits per heavy atom. The number of nitrogens with zero attached hydrogens (tertiary/aromatic N) is 3. The number of nitriles is 1. The van der Waals surface area contributed by atoms with Crippen LogP contribution in [0.25, 0.3) is 10.9 Å². The van der Waals surface area contributed by atoms with E-state index < -0.39 is 5.41 Å². The summed E-state index contributed by atoms with van der Waals surface area (Å²) in [4.78, 5) is 0. The average molecular weight is 337 g/mol. The lowest BCUT2D eigenvalue weighted by Gasteiger charge is -2.33. The van der Waals surface area contributed by atoms with Crippen molar-refractivity contribution in [2.45, 2.75) is 82.3 Å². The Morgan fingerprint density at radius 1 is 1.24 bits per heavy atom. The molecule has 4 heteroatoms. The van der Waals surface area contributed by atoms with Gasteiger partial charge in [0.2, 0.25) is 0 Å². The predicted molar refractivity (Wildman–Crippen MR) is 98.4 cm³/mol. The van der Waals surface area contributed by atoms with Crippen LogP contribution in [0.4, 0.5) is 0 Å². The molecule has 4 rings (SSSR count). The van der Waals surface area contributed by atoms with Crippen LogP contribution in [-0.2, 0) is 11.8 Å². The highest BCUT2D eigenvalue weighted by molar-refractivity contribution is 5.83. The van der Waals surface area contributed by atoms with Crippen molar-refractivity contribution in [2.24, 2.45) is 0 Å². The van der Waals surface area contributed by atoms with Gasteiger partial charge in [0.05, 0.1) is 34.8 Å². The molecule has 0 atom stereocenters. The minimum atomic E-state index is -0.454. The quantitative estimate of drug-likeness (QED) is 0.902. The maximum atomic E-state index is 9.93. The second-order valence-corrected chi connectivity index (χ2v) is 7.84. The first-order valence-corrected chi connectivity index (χ1v) is 9.78. The van der Waals surface area contributed by atoms with Gasteiger partial charge < -0.3 is 5.11 Å². The van der Waals surface area contributed by atoms with E-state index in [1.54, 1.807) is 0 Å². The number of benzene rings is 1. The molecule has 0 unspecified atom stereocenters. The Balaban J connectivity index is 1.81. The third-order valence-corrected chi connectivity index (χ3v) is 6.36. The van der Waals surface area contributed by atoms with Gasteiger partial charge in [-0.3, -0.25) is 4.68 Å². The number of hydrogen-bond donors (Lipinski definition) is 1. The van der Waals surface area contributed by atoms with Crippen LogP contribution in [-0.4, -0.2) is 21.0 Å². The highest BCUT2D eigenvalue weighted by atomic mass is 16.3. The van der Waals surface area contributed by atoms with Gasteiger partial charge in [-0.2, -0.15) is 10.4 Å². The molecule has 0 radical (unpaired) electrons. The van der Waals surface area contributed by atoms with Gasteiger partial charge in [0, 0.05) is 5.39 Å². The third-order valence-electron chi connectivity index (χ3n) is 6.36. The number of aliphatic hydroxyl groups is 1. The maximum absolute atomic E-state index is 9.93. The maximum Gasteiger partial charge on any atom is 0.0825 e. The Bertz CT molecular complexity index is 802. The van der Waals surface area contributed by atoms with E-state index in [1.807, 2.05) is 0 Å². The predicted octanol–water partition coefficient (Wildman–Crippen LogP) is 4.41. The lowest BCUT2D eigenvalue weighted by molar-refractivity contribution is 0.109. The number of fused-ring (bicyclic) bond motifs is 1. The number of aryl methyl sites for hydroxylation is 1. The topological polar surface area (TPSA) is 61.8 Å². The van der Waals surface area contributed by atoms with Crippen molar-refractivity contribution in [1.82, 2.24) is 9.78 Å². The smallest absolute Gasteiger partial charge is 0.0825 e. The molecule has 2 aliphatic carbocycles. The molecule has 1 heterocycles. The van der Waals surface area contributed by atoms with Crippen molar-refractivity contribution in [3.8, 4) is 6.07 Å². The van der Waals surface area contributed by atoms with Crippen molar-refractivity contribution >= 4 is 10.9 Å². The second-order valence-electron chi connectivity index (χ2n) is 7.84. The SMILES string of the molecule is CCc1nn(C2CCCC2)c2cc(C3(C#N)CCC(O)CC3)ccc12. The summed E-state index contributed by atoms with van der Waals surface area (Å²) in [7, 11) is 0. The van der Waals surface area contributed by atoms with E-state index in [4.69, 9.17) is 5.10 Å². The number of hydrogen-bond acceptors (Lipinski definition) is 3. The molecule has 0 bridgehead atoms. The fraction of sp³-hybridized carbons (Fsp3) is 0.619. The van der Waals surface area contributed by atoms with Crippen LogP contribution in [0, 0.1) is 11.3 Å². The molecular formula is C21H27N3O. The summed E-state index contributed by atoms with van der Waals surface area (Å²) >= 11 is 0. The van der Waals surface area contributed by atoms with E-state index in [0.29, 0.717) is 18.9 Å². The zero-order chi connectivity index (χ0) is 17.4. The molecule has 0 aliphatic heterocycles. The van der Waals surface area contributed by atoms with Gasteiger partial charge >= 0.3 is 0 Å². The van der Waals surface area contributed by atoms with Gasteiger partial charge in [-0.1, -0.05) is 31.9 Å². The number of aliphatic hydroxyl groups excluding tert-OH is 1. The zero-order valence-corrected chi connectivity index (χ0v) is 15.0. The summed E-state index contributed by atoms with van der Waals surface area (Å²) in [6, 6.07) is 9.62. The summed E-state index contributed by atoms with van der Waals surface area (Å²) in [5.74, 6) is 0. The Morgan fingerprint density at radius 3 is 2.60 bits per heavy atom. The summed E-state index contributed by atoms with van der Waals surface area (Å²) < 4.78 is 2.24. The molecule has 2 fully saturated rings. The molecule has 2 saturated carbocycles. The molecule has 2 aliphatic rings. The van der Waals surface area contributed by atoms with Gasteiger partial charge in [0.1, 0.15) is 0 Å². The highest BCUT2D eigenvalue weighted by Gasteiger charge is 2.37. The molecule has 25 heavy (non-hydrogen) atoms. The van der Waals surface area contributed by atoms with E-state index in [1.165, 1.54) is 42.3 Å². The first-order valence-electron chi connectivity index (χ1n) is 9.78. The van der Waals surface area contributed by atoms with E-state index in [0.717, 1.165) is 24.8 Å².